The Balaban J connectivity index is 2.15. The largest absolute Gasteiger partial charge is 0.497 e. The molecule has 2 atom stereocenters. The van der Waals surface area contributed by atoms with Crippen LogP contribution in [-0.2, 0) is 11.2 Å². The molecule has 1 N–H and O–H groups in total. The van der Waals surface area contributed by atoms with Crippen molar-refractivity contribution in [3.8, 4) is 11.5 Å². The van der Waals surface area contributed by atoms with Gasteiger partial charge >= 0.3 is 5.97 Å². The molecule has 0 saturated carbocycles. The molecular weight excluding hydrogens is 354 g/mol. The molecule has 150 valence electrons. The third-order valence-corrected chi connectivity index (χ3v) is 5.60. The minimum atomic E-state index is -0.767. The predicted molar refractivity (Wildman–Crippen MR) is 109 cm³/mol. The van der Waals surface area contributed by atoms with Crippen LogP contribution < -0.4 is 9.47 Å². The van der Waals surface area contributed by atoms with Gasteiger partial charge in [0.25, 0.3) is 0 Å². The van der Waals surface area contributed by atoms with E-state index >= 15 is 0 Å². The Labute approximate surface area is 166 Å². The van der Waals surface area contributed by atoms with Crippen molar-refractivity contribution in [2.75, 3.05) is 20.8 Å². The first-order valence-corrected chi connectivity index (χ1v) is 9.88. The second kappa shape index (κ2) is 9.11. The van der Waals surface area contributed by atoms with E-state index in [1.807, 2.05) is 18.2 Å². The number of hydrogen-bond acceptors (Lipinski definition) is 4. The molecular formula is C23H29NO4. The van der Waals surface area contributed by atoms with Crippen molar-refractivity contribution in [2.24, 2.45) is 0 Å². The third-order valence-electron chi connectivity index (χ3n) is 5.60. The van der Waals surface area contributed by atoms with Gasteiger partial charge in [0.15, 0.2) is 0 Å². The highest BCUT2D eigenvalue weighted by Gasteiger charge is 2.36. The molecule has 1 aliphatic rings. The van der Waals surface area contributed by atoms with Gasteiger partial charge in [-0.1, -0.05) is 37.6 Å². The fourth-order valence-electron chi connectivity index (χ4n) is 4.07. The molecule has 5 nitrogen and oxygen atoms in total. The van der Waals surface area contributed by atoms with Crippen LogP contribution in [0.3, 0.4) is 0 Å². The highest BCUT2D eigenvalue weighted by molar-refractivity contribution is 5.74. The number of benzene rings is 2. The molecule has 1 fully saturated rings. The summed E-state index contributed by atoms with van der Waals surface area (Å²) in [7, 11) is 3.28. The Morgan fingerprint density at radius 1 is 1.14 bits per heavy atom. The van der Waals surface area contributed by atoms with Crippen LogP contribution in [0.4, 0.5) is 0 Å². The van der Waals surface area contributed by atoms with Crippen molar-refractivity contribution in [2.45, 2.75) is 44.7 Å². The van der Waals surface area contributed by atoms with Crippen LogP contribution in [-0.4, -0.2) is 42.8 Å². The summed E-state index contributed by atoms with van der Waals surface area (Å²) < 4.78 is 11.1. The molecule has 0 aromatic heterocycles. The molecule has 1 heterocycles. The number of carboxylic acid groups (broad SMARTS) is 1. The molecule has 0 amide bonds. The number of carbonyl (C=O) groups is 1. The zero-order chi connectivity index (χ0) is 20.1. The molecule has 3 rings (SSSR count). The molecule has 1 saturated heterocycles. The number of rotatable bonds is 7. The van der Waals surface area contributed by atoms with Crippen molar-refractivity contribution >= 4 is 5.97 Å². The summed E-state index contributed by atoms with van der Waals surface area (Å²) in [6.07, 6.45) is 3.55. The number of hydrogen-bond donors (Lipinski definition) is 1. The number of likely N-dealkylation sites (tertiary alicyclic amines) is 1. The summed E-state index contributed by atoms with van der Waals surface area (Å²) in [5.74, 6) is 0.701. The van der Waals surface area contributed by atoms with Crippen molar-refractivity contribution in [3.05, 3.63) is 59.2 Å². The molecule has 1 aliphatic heterocycles. The van der Waals surface area contributed by atoms with Gasteiger partial charge in [0.05, 0.1) is 20.3 Å². The van der Waals surface area contributed by atoms with Gasteiger partial charge in [-0.3, -0.25) is 9.69 Å². The van der Waals surface area contributed by atoms with Crippen LogP contribution in [0.25, 0.3) is 0 Å². The number of aliphatic carboxylic acids is 1. The van der Waals surface area contributed by atoms with E-state index in [9.17, 15) is 9.90 Å². The highest BCUT2D eigenvalue weighted by atomic mass is 16.5. The highest BCUT2D eigenvalue weighted by Crippen LogP contribution is 2.40. The lowest BCUT2D eigenvalue weighted by Gasteiger charge is -2.40. The maximum atomic E-state index is 12.0. The van der Waals surface area contributed by atoms with Crippen LogP contribution in [0.15, 0.2) is 42.5 Å². The smallest absolute Gasteiger partial charge is 0.320 e. The molecule has 2 unspecified atom stereocenters. The van der Waals surface area contributed by atoms with Crippen molar-refractivity contribution in [1.82, 2.24) is 4.90 Å². The lowest BCUT2D eigenvalue weighted by atomic mass is 9.90. The first-order chi connectivity index (χ1) is 13.6. The van der Waals surface area contributed by atoms with Gasteiger partial charge in [-0.05, 0) is 55.1 Å². The summed E-state index contributed by atoms with van der Waals surface area (Å²) >= 11 is 0. The molecule has 28 heavy (non-hydrogen) atoms. The number of aryl methyl sites for hydroxylation is 1. The first-order valence-electron chi connectivity index (χ1n) is 9.88. The number of carboxylic acids is 1. The average molecular weight is 383 g/mol. The van der Waals surface area contributed by atoms with E-state index in [1.54, 1.807) is 14.2 Å². The van der Waals surface area contributed by atoms with Gasteiger partial charge in [0, 0.05) is 5.56 Å². The topological polar surface area (TPSA) is 59.0 Å². The zero-order valence-corrected chi connectivity index (χ0v) is 16.9. The van der Waals surface area contributed by atoms with Crippen LogP contribution in [0.5, 0.6) is 11.5 Å². The standard InChI is InChI=1S/C23H29NO4/c1-4-16-8-10-17(11-9-16)22(24-14-6-5-7-20(24)23(25)26)19-15-18(27-2)12-13-21(19)28-3/h8-13,15,20,22H,4-7,14H2,1-3H3,(H,25,26). The van der Waals surface area contributed by atoms with Gasteiger partial charge in [-0.15, -0.1) is 0 Å². The quantitative estimate of drug-likeness (QED) is 0.773. The summed E-state index contributed by atoms with van der Waals surface area (Å²) in [6.45, 7) is 2.86. The maximum absolute atomic E-state index is 12.0. The Bertz CT molecular complexity index is 803. The van der Waals surface area contributed by atoms with Crippen molar-refractivity contribution < 1.29 is 19.4 Å². The molecule has 0 bridgehead atoms. The average Bonchev–Trinajstić information content (AvgIpc) is 2.74. The summed E-state index contributed by atoms with van der Waals surface area (Å²) in [6, 6.07) is 13.4. The Morgan fingerprint density at radius 2 is 1.89 bits per heavy atom. The summed E-state index contributed by atoms with van der Waals surface area (Å²) in [5, 5.41) is 9.86. The van der Waals surface area contributed by atoms with E-state index in [4.69, 9.17) is 9.47 Å². The minimum absolute atomic E-state index is 0.211. The fraction of sp³-hybridized carbons (Fsp3) is 0.435. The second-order valence-electron chi connectivity index (χ2n) is 7.19. The number of ether oxygens (including phenoxy) is 2. The van der Waals surface area contributed by atoms with Crippen LogP contribution in [0.1, 0.15) is 48.9 Å². The van der Waals surface area contributed by atoms with Gasteiger partial charge in [-0.25, -0.2) is 0 Å². The SMILES string of the molecule is CCc1ccc(C(c2cc(OC)ccc2OC)N2CCCCC2C(=O)O)cc1. The number of nitrogens with zero attached hydrogens (tertiary/aromatic N) is 1. The van der Waals surface area contributed by atoms with Gasteiger partial charge in [0.1, 0.15) is 17.5 Å². The maximum Gasteiger partial charge on any atom is 0.320 e. The minimum Gasteiger partial charge on any atom is -0.497 e. The van der Waals surface area contributed by atoms with Gasteiger partial charge in [0.2, 0.25) is 0 Å². The molecule has 2 aromatic carbocycles. The fourth-order valence-corrected chi connectivity index (χ4v) is 4.07. The molecule has 2 aromatic rings. The first kappa shape index (κ1) is 20.2. The van der Waals surface area contributed by atoms with E-state index in [2.05, 4.69) is 36.1 Å². The van der Waals surface area contributed by atoms with Gasteiger partial charge < -0.3 is 14.6 Å². The zero-order valence-electron chi connectivity index (χ0n) is 16.9. The number of methoxy groups -OCH3 is 2. The van der Waals surface area contributed by atoms with Crippen LogP contribution >= 0.6 is 0 Å². The lowest BCUT2D eigenvalue weighted by Crippen LogP contribution is -2.46. The monoisotopic (exact) mass is 383 g/mol. The Kier molecular flexibility index (Phi) is 6.57. The molecule has 0 aliphatic carbocycles. The Morgan fingerprint density at radius 3 is 2.50 bits per heavy atom. The van der Waals surface area contributed by atoms with E-state index < -0.39 is 12.0 Å². The van der Waals surface area contributed by atoms with E-state index in [0.717, 1.165) is 48.4 Å². The van der Waals surface area contributed by atoms with E-state index in [0.29, 0.717) is 6.42 Å². The number of piperidine rings is 1. The molecule has 0 spiro atoms. The van der Waals surface area contributed by atoms with Crippen LogP contribution in [0, 0.1) is 0 Å². The predicted octanol–water partition coefficient (Wildman–Crippen LogP) is 4.29. The Hall–Kier alpha value is -2.53. The van der Waals surface area contributed by atoms with Crippen LogP contribution in [0.2, 0.25) is 0 Å². The van der Waals surface area contributed by atoms with Gasteiger partial charge in [-0.2, -0.15) is 0 Å². The van der Waals surface area contributed by atoms with E-state index in [-0.39, 0.29) is 6.04 Å². The van der Waals surface area contributed by atoms with Crippen molar-refractivity contribution in [1.29, 1.82) is 0 Å². The second-order valence-corrected chi connectivity index (χ2v) is 7.19. The molecule has 5 heteroatoms. The normalized spacial score (nSPS) is 18.5. The third kappa shape index (κ3) is 4.14. The lowest BCUT2D eigenvalue weighted by molar-refractivity contribution is -0.145. The summed E-state index contributed by atoms with van der Waals surface area (Å²) in [5.41, 5.74) is 3.25. The molecule has 0 radical (unpaired) electrons. The van der Waals surface area contributed by atoms with E-state index in [1.165, 1.54) is 5.56 Å². The summed E-state index contributed by atoms with van der Waals surface area (Å²) in [4.78, 5) is 14.1. The van der Waals surface area contributed by atoms with Crippen molar-refractivity contribution in [3.63, 3.8) is 0 Å².